The molecule has 1 atom stereocenters. The highest BCUT2D eigenvalue weighted by Crippen LogP contribution is 2.32. The molecule has 0 fully saturated rings. The van der Waals surface area contributed by atoms with Gasteiger partial charge in [0.15, 0.2) is 0 Å². The molecule has 0 saturated carbocycles. The second-order valence-corrected chi connectivity index (χ2v) is 7.84. The van der Waals surface area contributed by atoms with E-state index in [4.69, 9.17) is 10.5 Å². The summed E-state index contributed by atoms with van der Waals surface area (Å²) in [6.07, 6.45) is 0.705. The molecule has 126 valence electrons. The van der Waals surface area contributed by atoms with Crippen LogP contribution in [0.15, 0.2) is 35.5 Å². The lowest BCUT2D eigenvalue weighted by molar-refractivity contribution is -0.117. The van der Waals surface area contributed by atoms with Crippen molar-refractivity contribution < 1.29 is 9.00 Å². The van der Waals surface area contributed by atoms with Gasteiger partial charge in [-0.15, -0.1) is 0 Å². The molecule has 24 heavy (non-hydrogen) atoms. The van der Waals surface area contributed by atoms with E-state index in [-0.39, 0.29) is 29.1 Å². The second-order valence-electron chi connectivity index (χ2n) is 5.72. The Morgan fingerprint density at radius 3 is 2.67 bits per heavy atom. The summed E-state index contributed by atoms with van der Waals surface area (Å²) < 4.78 is 20.5. The summed E-state index contributed by atoms with van der Waals surface area (Å²) in [5.41, 5.74) is 7.45. The van der Waals surface area contributed by atoms with Crippen molar-refractivity contribution >= 4 is 27.3 Å². The maximum atomic E-state index is 12.5. The van der Waals surface area contributed by atoms with Gasteiger partial charge in [0.1, 0.15) is 21.4 Å². The van der Waals surface area contributed by atoms with Gasteiger partial charge in [0.25, 0.3) is 0 Å². The van der Waals surface area contributed by atoms with E-state index in [1.807, 2.05) is 37.3 Å². The van der Waals surface area contributed by atoms with Crippen molar-refractivity contribution in [2.45, 2.75) is 31.5 Å². The van der Waals surface area contributed by atoms with E-state index in [9.17, 15) is 9.00 Å². The van der Waals surface area contributed by atoms with Crippen LogP contribution in [0.25, 0.3) is 0 Å². The average Bonchev–Trinajstić information content (AvgIpc) is 2.85. The number of fused-ring (bicyclic) bond motifs is 1. The van der Waals surface area contributed by atoms with Gasteiger partial charge in [0.2, 0.25) is 11.1 Å². The Balaban J connectivity index is 2.03. The first-order valence-corrected chi connectivity index (χ1v) is 9.42. The van der Waals surface area contributed by atoms with Crippen molar-refractivity contribution in [1.29, 1.82) is 4.78 Å². The van der Waals surface area contributed by atoms with Crippen molar-refractivity contribution in [3.63, 3.8) is 0 Å². The molecule has 2 heterocycles. The maximum Gasteiger partial charge on any atom is 0.233 e. The Morgan fingerprint density at radius 1 is 1.29 bits per heavy atom. The van der Waals surface area contributed by atoms with Crippen LogP contribution in [0.1, 0.15) is 24.5 Å². The highest BCUT2D eigenvalue weighted by Gasteiger charge is 2.33. The lowest BCUT2D eigenvalue weighted by Gasteiger charge is -2.17. The number of amides is 1. The number of rotatable bonds is 5. The first-order valence-electron chi connectivity index (χ1n) is 7.69. The Kier molecular flexibility index (Phi) is 4.23. The predicted molar refractivity (Wildman–Crippen MR) is 92.1 cm³/mol. The molecule has 8 heteroatoms. The van der Waals surface area contributed by atoms with Crippen LogP contribution in [-0.2, 0) is 27.5 Å². The maximum absolute atomic E-state index is 12.5. The third kappa shape index (κ3) is 2.96. The van der Waals surface area contributed by atoms with Gasteiger partial charge in [-0.3, -0.25) is 9.69 Å². The Hall–Kier alpha value is -2.48. The first kappa shape index (κ1) is 16.4. The fourth-order valence-electron chi connectivity index (χ4n) is 2.68. The minimum absolute atomic E-state index is 0.0895. The summed E-state index contributed by atoms with van der Waals surface area (Å²) in [6, 6.07) is 9.53. The van der Waals surface area contributed by atoms with Gasteiger partial charge in [-0.2, -0.15) is 0 Å². The number of aromatic nitrogens is 2. The fraction of sp³-hybridized carbons (Fsp3) is 0.312. The van der Waals surface area contributed by atoms with Crippen molar-refractivity contribution in [3.05, 3.63) is 41.5 Å². The summed E-state index contributed by atoms with van der Waals surface area (Å²) in [6.45, 7) is 2.20. The Morgan fingerprint density at radius 2 is 2.00 bits per heavy atom. The number of nitrogens with zero attached hydrogens (tertiary/aromatic N) is 3. The van der Waals surface area contributed by atoms with E-state index < -0.39 is 9.73 Å². The van der Waals surface area contributed by atoms with E-state index in [0.717, 1.165) is 5.56 Å². The van der Waals surface area contributed by atoms with Crippen LogP contribution < -0.4 is 10.6 Å². The van der Waals surface area contributed by atoms with Gasteiger partial charge in [-0.1, -0.05) is 37.3 Å². The summed E-state index contributed by atoms with van der Waals surface area (Å²) in [4.78, 5) is 22.2. The van der Waals surface area contributed by atoms with Crippen LogP contribution in [-0.4, -0.2) is 25.8 Å². The molecule has 0 spiro atoms. The number of anilines is 2. The molecule has 0 radical (unpaired) electrons. The van der Waals surface area contributed by atoms with Crippen LogP contribution in [0, 0.1) is 4.78 Å². The Labute approximate surface area is 140 Å². The van der Waals surface area contributed by atoms with Gasteiger partial charge in [0, 0.05) is 11.3 Å². The van der Waals surface area contributed by atoms with E-state index >= 15 is 0 Å². The van der Waals surface area contributed by atoms with E-state index in [0.29, 0.717) is 24.3 Å². The molecule has 3 rings (SSSR count). The van der Waals surface area contributed by atoms with Crippen LogP contribution in [0.3, 0.4) is 0 Å². The number of nitrogens with two attached hydrogens (primary N) is 1. The largest absolute Gasteiger partial charge is 0.383 e. The number of nitrogen functional groups attached to an aromatic ring is 1. The number of carbonyl (C=O) groups excluding carboxylic acids is 1. The van der Waals surface area contributed by atoms with Crippen LogP contribution in [0.5, 0.6) is 0 Å². The Bertz CT molecular complexity index is 881. The van der Waals surface area contributed by atoms with E-state index in [1.54, 1.807) is 0 Å². The molecule has 2 aromatic rings. The van der Waals surface area contributed by atoms with Crippen molar-refractivity contribution in [3.8, 4) is 0 Å². The SMILES string of the molecule is CCCS(=N)(=O)c1nc(N)c2c(n1)N(Cc1ccccc1)C(=O)C2. The van der Waals surface area contributed by atoms with Crippen LogP contribution >= 0.6 is 0 Å². The van der Waals surface area contributed by atoms with Crippen LogP contribution in [0.2, 0.25) is 0 Å². The topological polar surface area (TPSA) is 113 Å². The summed E-state index contributed by atoms with van der Waals surface area (Å²) in [5, 5.41) is -0.0895. The molecule has 1 amide bonds. The zero-order valence-corrected chi connectivity index (χ0v) is 14.2. The van der Waals surface area contributed by atoms with Gasteiger partial charge in [-0.05, 0) is 12.0 Å². The molecule has 7 nitrogen and oxygen atoms in total. The highest BCUT2D eigenvalue weighted by atomic mass is 32.2. The lowest BCUT2D eigenvalue weighted by Crippen LogP contribution is -2.27. The quantitative estimate of drug-likeness (QED) is 0.804. The molecular formula is C16H19N5O2S. The number of nitrogens with one attached hydrogen (secondary N) is 1. The molecule has 0 aliphatic carbocycles. The zero-order chi connectivity index (χ0) is 17.3. The van der Waals surface area contributed by atoms with Crippen molar-refractivity contribution in [2.75, 3.05) is 16.4 Å². The molecule has 1 unspecified atom stereocenters. The number of hydrogen-bond donors (Lipinski definition) is 2. The molecule has 0 saturated heterocycles. The minimum atomic E-state index is -3.11. The molecular weight excluding hydrogens is 326 g/mol. The van der Waals surface area contributed by atoms with E-state index in [2.05, 4.69) is 9.97 Å². The summed E-state index contributed by atoms with van der Waals surface area (Å²) in [7, 11) is -3.11. The van der Waals surface area contributed by atoms with Gasteiger partial charge >= 0.3 is 0 Å². The third-order valence-corrected chi connectivity index (χ3v) is 5.61. The van der Waals surface area contributed by atoms with Crippen LogP contribution in [0.4, 0.5) is 11.6 Å². The summed E-state index contributed by atoms with van der Waals surface area (Å²) in [5.74, 6) is 0.550. The standard InChI is InChI=1S/C16H19N5O2S/c1-2-8-24(18,23)16-19-14(17)12-9-13(22)21(15(12)20-16)10-11-6-4-3-5-7-11/h3-7,18H,2,8-10H2,1H3,(H2,17,19,20). The lowest BCUT2D eigenvalue weighted by atomic mass is 10.2. The molecule has 1 aromatic carbocycles. The van der Waals surface area contributed by atoms with E-state index in [1.165, 1.54) is 4.90 Å². The van der Waals surface area contributed by atoms with Gasteiger partial charge in [-0.25, -0.2) is 19.0 Å². The fourth-order valence-corrected chi connectivity index (χ4v) is 3.92. The summed E-state index contributed by atoms with van der Waals surface area (Å²) >= 11 is 0. The smallest absolute Gasteiger partial charge is 0.233 e. The van der Waals surface area contributed by atoms with Crippen molar-refractivity contribution in [1.82, 2.24) is 9.97 Å². The molecule has 1 aliphatic heterocycles. The molecule has 3 N–H and O–H groups in total. The van der Waals surface area contributed by atoms with Crippen molar-refractivity contribution in [2.24, 2.45) is 0 Å². The third-order valence-electron chi connectivity index (χ3n) is 3.85. The zero-order valence-electron chi connectivity index (χ0n) is 13.4. The monoisotopic (exact) mass is 345 g/mol. The molecule has 1 aromatic heterocycles. The first-order chi connectivity index (χ1) is 11.4. The average molecular weight is 345 g/mol. The second kappa shape index (κ2) is 6.20. The molecule has 0 bridgehead atoms. The number of hydrogen-bond acceptors (Lipinski definition) is 6. The number of carbonyl (C=O) groups is 1. The predicted octanol–water partition coefficient (Wildman–Crippen LogP) is 1.96. The van der Waals surface area contributed by atoms with Gasteiger partial charge < -0.3 is 5.73 Å². The van der Waals surface area contributed by atoms with Gasteiger partial charge in [0.05, 0.1) is 13.0 Å². The normalized spacial score (nSPS) is 16.0. The minimum Gasteiger partial charge on any atom is -0.383 e. The molecule has 1 aliphatic rings. The number of benzene rings is 1. The highest BCUT2D eigenvalue weighted by molar-refractivity contribution is 7.92.